The van der Waals surface area contributed by atoms with Crippen LogP contribution in [-0.4, -0.2) is 57.8 Å². The van der Waals surface area contributed by atoms with Crippen LogP contribution in [0.15, 0.2) is 65.1 Å². The third-order valence-electron chi connectivity index (χ3n) is 6.15. The van der Waals surface area contributed by atoms with Crippen LogP contribution in [0.3, 0.4) is 0 Å². The van der Waals surface area contributed by atoms with E-state index in [1.54, 1.807) is 14.2 Å². The van der Waals surface area contributed by atoms with Crippen molar-refractivity contribution >= 4 is 39.2 Å². The van der Waals surface area contributed by atoms with Crippen molar-refractivity contribution in [1.29, 1.82) is 0 Å². The Morgan fingerprint density at radius 1 is 0.909 bits per heavy atom. The fourth-order valence-electron chi connectivity index (χ4n) is 4.37. The highest BCUT2D eigenvalue weighted by atomic mass is 16.5. The number of nitrogens with one attached hydrogen (secondary N) is 1. The van der Waals surface area contributed by atoms with Crippen LogP contribution in [0.5, 0.6) is 11.5 Å². The molecule has 0 spiro atoms. The predicted molar refractivity (Wildman–Crippen MR) is 131 cm³/mol. The minimum atomic E-state index is -0.0679. The van der Waals surface area contributed by atoms with E-state index in [0.29, 0.717) is 18.0 Å². The maximum absolute atomic E-state index is 12.8. The van der Waals surface area contributed by atoms with Crippen molar-refractivity contribution in [2.45, 2.75) is 0 Å². The number of rotatable bonds is 6. The first-order chi connectivity index (χ1) is 16.1. The highest BCUT2D eigenvalue weighted by Gasteiger charge is 2.20. The molecule has 0 radical (unpaired) electrons. The molecule has 33 heavy (non-hydrogen) atoms. The van der Waals surface area contributed by atoms with Gasteiger partial charge in [-0.15, -0.1) is 0 Å². The fraction of sp³-hybridized carbons (Fsp3) is 0.269. The molecule has 1 aliphatic heterocycles. The van der Waals surface area contributed by atoms with Crippen molar-refractivity contribution in [2.24, 2.45) is 0 Å². The lowest BCUT2D eigenvalue weighted by Crippen LogP contribution is -2.48. The minimum absolute atomic E-state index is 0.0679. The van der Waals surface area contributed by atoms with Gasteiger partial charge < -0.3 is 24.1 Å². The molecule has 7 heteroatoms. The number of ether oxygens (including phenoxy) is 2. The van der Waals surface area contributed by atoms with Crippen LogP contribution in [-0.2, 0) is 4.79 Å². The number of carbonyl (C=O) groups is 1. The molecule has 0 aliphatic carbocycles. The van der Waals surface area contributed by atoms with Gasteiger partial charge in [0.15, 0.2) is 0 Å². The number of hydrogen-bond donors (Lipinski definition) is 1. The van der Waals surface area contributed by atoms with Crippen LogP contribution >= 0.6 is 0 Å². The molecule has 0 bridgehead atoms. The van der Waals surface area contributed by atoms with Gasteiger partial charge in [-0.1, -0.05) is 18.2 Å². The average Bonchev–Trinajstić information content (AvgIpc) is 3.21. The lowest BCUT2D eigenvalue weighted by molar-refractivity contribution is -0.117. The second-order valence-electron chi connectivity index (χ2n) is 8.16. The Kier molecular flexibility index (Phi) is 5.79. The quantitative estimate of drug-likeness (QED) is 0.476. The first-order valence-electron chi connectivity index (χ1n) is 11.0. The van der Waals surface area contributed by atoms with Crippen LogP contribution in [0.25, 0.3) is 21.9 Å². The highest BCUT2D eigenvalue weighted by molar-refractivity contribution is 6.07. The van der Waals surface area contributed by atoms with E-state index in [-0.39, 0.29) is 5.91 Å². The zero-order valence-corrected chi connectivity index (χ0v) is 18.8. The number of nitrogens with zero attached hydrogens (tertiary/aromatic N) is 2. The third kappa shape index (κ3) is 4.32. The molecule has 1 aliphatic rings. The Bertz CT molecular complexity index is 1270. The number of furan rings is 1. The summed E-state index contributed by atoms with van der Waals surface area (Å²) in [4.78, 5) is 17.3. The van der Waals surface area contributed by atoms with Crippen LogP contribution in [0.4, 0.5) is 11.4 Å². The van der Waals surface area contributed by atoms with Gasteiger partial charge in [0.05, 0.1) is 26.5 Å². The van der Waals surface area contributed by atoms with Crippen molar-refractivity contribution in [3.63, 3.8) is 0 Å². The lowest BCUT2D eigenvalue weighted by atomic mass is 10.1. The highest BCUT2D eigenvalue weighted by Crippen LogP contribution is 2.36. The molecule has 1 fully saturated rings. The maximum Gasteiger partial charge on any atom is 0.238 e. The van der Waals surface area contributed by atoms with E-state index in [1.165, 1.54) is 5.69 Å². The molecular weight excluding hydrogens is 418 g/mol. The van der Waals surface area contributed by atoms with Gasteiger partial charge in [0.25, 0.3) is 0 Å². The van der Waals surface area contributed by atoms with Gasteiger partial charge in [-0.05, 0) is 36.4 Å². The van der Waals surface area contributed by atoms with Gasteiger partial charge in [-0.25, -0.2) is 0 Å². The standard InChI is InChI=1S/C26H27N3O4/c1-31-19-9-7-18(8-10-19)29-13-11-28(12-14-29)17-26(30)27-22-16-24-21(15-25(22)32-2)20-5-3-4-6-23(20)33-24/h3-10,15-16H,11-14,17H2,1-2H3,(H,27,30). The Morgan fingerprint density at radius 3 is 2.39 bits per heavy atom. The number of methoxy groups -OCH3 is 2. The lowest BCUT2D eigenvalue weighted by Gasteiger charge is -2.35. The average molecular weight is 446 g/mol. The van der Waals surface area contributed by atoms with Crippen LogP contribution in [0.1, 0.15) is 0 Å². The SMILES string of the molecule is COc1ccc(N2CCN(CC(=O)Nc3cc4oc5ccccc5c4cc3OC)CC2)cc1. The number of amides is 1. The summed E-state index contributed by atoms with van der Waals surface area (Å²) in [5.41, 5.74) is 3.32. The summed E-state index contributed by atoms with van der Waals surface area (Å²) in [6.45, 7) is 3.71. The Hall–Kier alpha value is -3.71. The number of fused-ring (bicyclic) bond motifs is 3. The fourth-order valence-corrected chi connectivity index (χ4v) is 4.37. The third-order valence-corrected chi connectivity index (χ3v) is 6.15. The van der Waals surface area contributed by atoms with Crippen molar-refractivity contribution in [1.82, 2.24) is 4.90 Å². The van der Waals surface area contributed by atoms with Gasteiger partial charge in [0.2, 0.25) is 5.91 Å². The van der Waals surface area contributed by atoms with Gasteiger partial charge in [0, 0.05) is 48.7 Å². The molecule has 1 N–H and O–H groups in total. The molecule has 5 rings (SSSR count). The molecule has 4 aromatic rings. The second-order valence-corrected chi connectivity index (χ2v) is 8.16. The van der Waals surface area contributed by atoms with Crippen molar-refractivity contribution in [3.8, 4) is 11.5 Å². The molecule has 1 amide bonds. The van der Waals surface area contributed by atoms with Gasteiger partial charge in [-0.3, -0.25) is 9.69 Å². The summed E-state index contributed by atoms with van der Waals surface area (Å²) in [6.07, 6.45) is 0. The summed E-state index contributed by atoms with van der Waals surface area (Å²) in [7, 11) is 3.28. The summed E-state index contributed by atoms with van der Waals surface area (Å²) in [5.74, 6) is 1.40. The Morgan fingerprint density at radius 2 is 1.67 bits per heavy atom. The normalized spacial score (nSPS) is 14.5. The molecular formula is C26H27N3O4. The Labute approximate surface area is 192 Å². The number of piperazine rings is 1. The minimum Gasteiger partial charge on any atom is -0.497 e. The predicted octanol–water partition coefficient (Wildman–Crippen LogP) is 4.36. The molecule has 1 aromatic heterocycles. The largest absolute Gasteiger partial charge is 0.497 e. The van der Waals surface area contributed by atoms with Crippen LogP contribution in [0.2, 0.25) is 0 Å². The molecule has 0 saturated carbocycles. The number of benzene rings is 3. The zero-order valence-electron chi connectivity index (χ0n) is 18.8. The number of hydrogen-bond acceptors (Lipinski definition) is 6. The van der Waals surface area contributed by atoms with E-state index in [4.69, 9.17) is 13.9 Å². The molecule has 7 nitrogen and oxygen atoms in total. The number of para-hydroxylation sites is 1. The van der Waals surface area contributed by atoms with Gasteiger partial charge in [0.1, 0.15) is 22.7 Å². The number of carbonyl (C=O) groups excluding carboxylic acids is 1. The van der Waals surface area contributed by atoms with Crippen LogP contribution in [0, 0.1) is 0 Å². The summed E-state index contributed by atoms with van der Waals surface area (Å²) in [6, 6.07) is 19.7. The van der Waals surface area contributed by atoms with Gasteiger partial charge >= 0.3 is 0 Å². The monoisotopic (exact) mass is 445 g/mol. The zero-order chi connectivity index (χ0) is 22.8. The first kappa shape index (κ1) is 21.2. The second kappa shape index (κ2) is 9.03. The molecule has 170 valence electrons. The first-order valence-corrected chi connectivity index (χ1v) is 11.0. The van der Waals surface area contributed by atoms with Crippen molar-refractivity contribution in [2.75, 3.05) is 57.2 Å². The maximum atomic E-state index is 12.8. The van der Waals surface area contributed by atoms with E-state index in [1.807, 2.05) is 48.5 Å². The smallest absolute Gasteiger partial charge is 0.238 e. The molecule has 0 unspecified atom stereocenters. The van der Waals surface area contributed by atoms with Crippen LogP contribution < -0.4 is 19.7 Å². The van der Waals surface area contributed by atoms with E-state index in [9.17, 15) is 4.79 Å². The molecule has 0 atom stereocenters. The van der Waals surface area contributed by atoms with Crippen molar-refractivity contribution in [3.05, 3.63) is 60.7 Å². The van der Waals surface area contributed by atoms with Crippen molar-refractivity contribution < 1.29 is 18.7 Å². The Balaban J connectivity index is 1.23. The summed E-state index contributed by atoms with van der Waals surface area (Å²) in [5, 5.41) is 5.00. The number of anilines is 2. The van der Waals surface area contributed by atoms with E-state index >= 15 is 0 Å². The topological polar surface area (TPSA) is 67.2 Å². The van der Waals surface area contributed by atoms with E-state index in [0.717, 1.165) is 53.9 Å². The molecule has 2 heterocycles. The van der Waals surface area contributed by atoms with E-state index < -0.39 is 0 Å². The summed E-state index contributed by atoms with van der Waals surface area (Å²) >= 11 is 0. The molecule has 1 saturated heterocycles. The molecule has 3 aromatic carbocycles. The summed E-state index contributed by atoms with van der Waals surface area (Å²) < 4.78 is 16.8. The van der Waals surface area contributed by atoms with E-state index in [2.05, 4.69) is 27.2 Å². The van der Waals surface area contributed by atoms with Gasteiger partial charge in [-0.2, -0.15) is 0 Å².